The van der Waals surface area contributed by atoms with Crippen LogP contribution in [0.1, 0.15) is 11.3 Å². The van der Waals surface area contributed by atoms with Crippen LogP contribution in [0.3, 0.4) is 0 Å². The number of nitrogens with zero attached hydrogens (tertiary/aromatic N) is 1. The van der Waals surface area contributed by atoms with Crippen LogP contribution in [0.2, 0.25) is 0 Å². The van der Waals surface area contributed by atoms with E-state index in [9.17, 15) is 0 Å². The lowest BCUT2D eigenvalue weighted by Crippen LogP contribution is -2.01. The molecule has 0 amide bonds. The number of ether oxygens (including phenoxy) is 3. The van der Waals surface area contributed by atoms with E-state index in [1.165, 1.54) is 11.3 Å². The van der Waals surface area contributed by atoms with Crippen LogP contribution in [0, 0.1) is 6.92 Å². The molecule has 1 aromatic heterocycles. The van der Waals surface area contributed by atoms with E-state index in [0.717, 1.165) is 11.3 Å². The normalized spacial score (nSPS) is 10.3. The summed E-state index contributed by atoms with van der Waals surface area (Å²) in [6.07, 6.45) is 0. The van der Waals surface area contributed by atoms with Gasteiger partial charge in [0.05, 0.1) is 19.9 Å². The summed E-state index contributed by atoms with van der Waals surface area (Å²) in [6, 6.07) is 3.79. The molecule has 0 saturated heterocycles. The van der Waals surface area contributed by atoms with E-state index < -0.39 is 0 Å². The van der Waals surface area contributed by atoms with Gasteiger partial charge >= 0.3 is 0 Å². The quantitative estimate of drug-likeness (QED) is 0.912. The van der Waals surface area contributed by atoms with Crippen LogP contribution in [0.5, 0.6) is 17.2 Å². The van der Waals surface area contributed by atoms with Gasteiger partial charge in [0.2, 0.25) is 5.75 Å². The van der Waals surface area contributed by atoms with E-state index in [1.54, 1.807) is 14.2 Å². The second-order valence-electron chi connectivity index (χ2n) is 3.96. The maximum Gasteiger partial charge on any atom is 0.203 e. The number of benzene rings is 1. The van der Waals surface area contributed by atoms with Crippen LogP contribution in [0.15, 0.2) is 17.5 Å². The average Bonchev–Trinajstić information content (AvgIpc) is 2.81. The van der Waals surface area contributed by atoms with Crippen LogP contribution in [0.4, 0.5) is 5.13 Å². The highest BCUT2D eigenvalue weighted by Crippen LogP contribution is 2.38. The Bertz CT molecular complexity index is 544. The van der Waals surface area contributed by atoms with E-state index in [-0.39, 0.29) is 0 Å². The zero-order valence-electron chi connectivity index (χ0n) is 11.1. The summed E-state index contributed by atoms with van der Waals surface area (Å²) in [4.78, 5) is 4.14. The highest BCUT2D eigenvalue weighted by atomic mass is 32.1. The van der Waals surface area contributed by atoms with Crippen molar-refractivity contribution < 1.29 is 14.2 Å². The standard InChI is InChI=1S/C13H16N2O3S/c1-8-4-10(16-2)12(11(5-8)17-3)18-6-9-7-19-13(14)15-9/h4-5,7H,6H2,1-3H3,(H2,14,15). The maximum atomic E-state index is 5.74. The van der Waals surface area contributed by atoms with E-state index in [0.29, 0.717) is 29.0 Å². The number of rotatable bonds is 5. The summed E-state index contributed by atoms with van der Waals surface area (Å²) in [5.74, 6) is 1.85. The van der Waals surface area contributed by atoms with E-state index in [2.05, 4.69) is 4.98 Å². The molecule has 0 saturated carbocycles. The third-order valence-electron chi connectivity index (χ3n) is 2.54. The first-order valence-electron chi connectivity index (χ1n) is 5.69. The number of hydrogen-bond donors (Lipinski definition) is 1. The predicted molar refractivity (Wildman–Crippen MR) is 75.1 cm³/mol. The molecule has 19 heavy (non-hydrogen) atoms. The van der Waals surface area contributed by atoms with Gasteiger partial charge in [0.1, 0.15) is 6.61 Å². The minimum atomic E-state index is 0.323. The van der Waals surface area contributed by atoms with Crippen LogP contribution >= 0.6 is 11.3 Å². The SMILES string of the molecule is COc1cc(C)cc(OC)c1OCc1csc(N)n1. The highest BCUT2D eigenvalue weighted by Gasteiger charge is 2.13. The molecule has 0 bridgehead atoms. The second kappa shape index (κ2) is 5.79. The number of aromatic nitrogens is 1. The largest absolute Gasteiger partial charge is 0.493 e. The molecule has 2 N–H and O–H groups in total. The fourth-order valence-electron chi connectivity index (χ4n) is 1.69. The van der Waals surface area contributed by atoms with Gasteiger partial charge in [-0.1, -0.05) is 0 Å². The van der Waals surface area contributed by atoms with Gasteiger partial charge in [-0.3, -0.25) is 0 Å². The van der Waals surface area contributed by atoms with Crippen LogP contribution in [-0.2, 0) is 6.61 Å². The Morgan fingerprint density at radius 3 is 2.32 bits per heavy atom. The molecule has 0 atom stereocenters. The third-order valence-corrected chi connectivity index (χ3v) is 3.26. The van der Waals surface area contributed by atoms with E-state index >= 15 is 0 Å². The third kappa shape index (κ3) is 3.08. The lowest BCUT2D eigenvalue weighted by atomic mass is 10.2. The fraction of sp³-hybridized carbons (Fsp3) is 0.308. The minimum Gasteiger partial charge on any atom is -0.493 e. The zero-order valence-corrected chi connectivity index (χ0v) is 11.9. The molecular formula is C13H16N2O3S. The van der Waals surface area contributed by atoms with Crippen molar-refractivity contribution in [3.63, 3.8) is 0 Å². The number of nitrogen functional groups attached to an aromatic ring is 1. The summed E-state index contributed by atoms with van der Waals surface area (Å²) < 4.78 is 16.4. The summed E-state index contributed by atoms with van der Waals surface area (Å²) in [7, 11) is 3.20. The van der Waals surface area contributed by atoms with Crippen molar-refractivity contribution in [3.05, 3.63) is 28.8 Å². The second-order valence-corrected chi connectivity index (χ2v) is 4.85. The molecule has 0 radical (unpaired) electrons. The Balaban J connectivity index is 2.23. The molecule has 0 spiro atoms. The lowest BCUT2D eigenvalue weighted by Gasteiger charge is -2.14. The number of aryl methyl sites for hydroxylation is 1. The average molecular weight is 280 g/mol. The molecule has 102 valence electrons. The van der Waals surface area contributed by atoms with Crippen molar-refractivity contribution in [2.24, 2.45) is 0 Å². The molecule has 1 aromatic carbocycles. The Hall–Kier alpha value is -1.95. The predicted octanol–water partition coefficient (Wildman–Crippen LogP) is 2.63. The summed E-state index contributed by atoms with van der Waals surface area (Å²) in [5.41, 5.74) is 7.41. The first kappa shape index (κ1) is 13.5. The van der Waals surface area contributed by atoms with Crippen LogP contribution in [-0.4, -0.2) is 19.2 Å². The molecule has 0 aliphatic carbocycles. The lowest BCUT2D eigenvalue weighted by molar-refractivity contribution is 0.263. The van der Waals surface area contributed by atoms with Gasteiger partial charge in [0.15, 0.2) is 16.6 Å². The topological polar surface area (TPSA) is 66.6 Å². The molecule has 1 heterocycles. The highest BCUT2D eigenvalue weighted by molar-refractivity contribution is 7.13. The van der Waals surface area contributed by atoms with Crippen LogP contribution < -0.4 is 19.9 Å². The molecule has 2 rings (SSSR count). The molecular weight excluding hydrogens is 264 g/mol. The van der Waals surface area contributed by atoms with Crippen molar-refractivity contribution in [2.75, 3.05) is 20.0 Å². The van der Waals surface area contributed by atoms with Crippen molar-refractivity contribution in [3.8, 4) is 17.2 Å². The Morgan fingerprint density at radius 2 is 1.84 bits per heavy atom. The molecule has 0 aliphatic heterocycles. The number of methoxy groups -OCH3 is 2. The maximum absolute atomic E-state index is 5.74. The van der Waals surface area contributed by atoms with Gasteiger partial charge in [0.25, 0.3) is 0 Å². The number of nitrogens with two attached hydrogens (primary N) is 1. The molecule has 6 heteroatoms. The van der Waals surface area contributed by atoms with Gasteiger partial charge in [0, 0.05) is 5.38 Å². The van der Waals surface area contributed by atoms with Gasteiger partial charge < -0.3 is 19.9 Å². The van der Waals surface area contributed by atoms with Crippen molar-refractivity contribution >= 4 is 16.5 Å². The molecule has 0 aliphatic rings. The van der Waals surface area contributed by atoms with Gasteiger partial charge in [-0.25, -0.2) is 4.98 Å². The smallest absolute Gasteiger partial charge is 0.203 e. The first-order valence-corrected chi connectivity index (χ1v) is 6.57. The number of hydrogen-bond acceptors (Lipinski definition) is 6. The van der Waals surface area contributed by atoms with Gasteiger partial charge in [-0.2, -0.15) is 0 Å². The van der Waals surface area contributed by atoms with Crippen molar-refractivity contribution in [1.82, 2.24) is 4.98 Å². The van der Waals surface area contributed by atoms with E-state index in [4.69, 9.17) is 19.9 Å². The summed E-state index contributed by atoms with van der Waals surface area (Å²) in [6.45, 7) is 2.29. The van der Waals surface area contributed by atoms with Gasteiger partial charge in [-0.05, 0) is 24.6 Å². The Kier molecular flexibility index (Phi) is 4.11. The van der Waals surface area contributed by atoms with Crippen LogP contribution in [0.25, 0.3) is 0 Å². The Labute approximate surface area is 115 Å². The number of anilines is 1. The van der Waals surface area contributed by atoms with Crippen molar-refractivity contribution in [2.45, 2.75) is 13.5 Å². The minimum absolute atomic E-state index is 0.323. The van der Waals surface area contributed by atoms with E-state index in [1.807, 2.05) is 24.4 Å². The van der Waals surface area contributed by atoms with Gasteiger partial charge in [-0.15, -0.1) is 11.3 Å². The molecule has 0 unspecified atom stereocenters. The molecule has 0 fully saturated rings. The Morgan fingerprint density at radius 1 is 1.21 bits per heavy atom. The number of thiazole rings is 1. The molecule has 2 aromatic rings. The molecule has 5 nitrogen and oxygen atoms in total. The fourth-order valence-corrected chi connectivity index (χ4v) is 2.24. The monoisotopic (exact) mass is 280 g/mol. The summed E-state index contributed by atoms with van der Waals surface area (Å²) >= 11 is 1.39. The van der Waals surface area contributed by atoms with Crippen molar-refractivity contribution in [1.29, 1.82) is 0 Å². The first-order chi connectivity index (χ1) is 9.13. The summed E-state index contributed by atoms with van der Waals surface area (Å²) in [5, 5.41) is 2.39. The zero-order chi connectivity index (χ0) is 13.8.